The fraction of sp³-hybridized carbons (Fsp3) is 0.636. The van der Waals surface area contributed by atoms with Crippen molar-refractivity contribution in [3.63, 3.8) is 0 Å². The van der Waals surface area contributed by atoms with Gasteiger partial charge in [0.25, 0.3) is 5.91 Å². The van der Waals surface area contributed by atoms with E-state index >= 15 is 0 Å². The number of nitrogens with one attached hydrogen (secondary N) is 1. The topological polar surface area (TPSA) is 84.9 Å². The number of rotatable bonds is 7. The van der Waals surface area contributed by atoms with E-state index in [0.29, 0.717) is 43.5 Å². The first-order valence-electron chi connectivity index (χ1n) is 10.8. The van der Waals surface area contributed by atoms with Crippen molar-refractivity contribution in [1.29, 1.82) is 0 Å². The first kappa shape index (κ1) is 23.0. The van der Waals surface area contributed by atoms with Crippen LogP contribution >= 0.6 is 0 Å². The molecule has 1 aromatic carbocycles. The van der Waals surface area contributed by atoms with Gasteiger partial charge in [0.1, 0.15) is 6.10 Å². The standard InChI is InChI=1S/C22H34N4O5/c1-5-23-22(24-15-16-8-9-17(28-2)20(30-4)19(16)29-3)26-12-10-25(11-13-26)21(27)18-7-6-14-31-18/h8-9,18H,5-7,10-15H2,1-4H3,(H,23,24). The van der Waals surface area contributed by atoms with Gasteiger partial charge in [-0.3, -0.25) is 4.79 Å². The quantitative estimate of drug-likeness (QED) is 0.514. The smallest absolute Gasteiger partial charge is 0.251 e. The minimum Gasteiger partial charge on any atom is -0.493 e. The number of ether oxygens (including phenoxy) is 4. The Morgan fingerprint density at radius 3 is 2.39 bits per heavy atom. The number of benzene rings is 1. The first-order chi connectivity index (χ1) is 15.1. The zero-order chi connectivity index (χ0) is 22.2. The van der Waals surface area contributed by atoms with E-state index in [-0.39, 0.29) is 12.0 Å². The Balaban J connectivity index is 1.68. The third kappa shape index (κ3) is 5.33. The van der Waals surface area contributed by atoms with E-state index < -0.39 is 0 Å². The van der Waals surface area contributed by atoms with Crippen LogP contribution in [0.1, 0.15) is 25.3 Å². The Labute approximate surface area is 184 Å². The Hall–Kier alpha value is -2.68. The number of amides is 1. The van der Waals surface area contributed by atoms with Gasteiger partial charge in [-0.05, 0) is 31.9 Å². The molecule has 9 heteroatoms. The SMILES string of the molecule is CCNC(=NCc1ccc(OC)c(OC)c1OC)N1CCN(C(=O)C2CCCO2)CC1. The van der Waals surface area contributed by atoms with E-state index in [0.717, 1.165) is 44.0 Å². The maximum atomic E-state index is 12.6. The van der Waals surface area contributed by atoms with Gasteiger partial charge in [0.2, 0.25) is 5.75 Å². The average molecular weight is 435 g/mol. The van der Waals surface area contributed by atoms with Crippen LogP contribution in [0.25, 0.3) is 0 Å². The van der Waals surface area contributed by atoms with Gasteiger partial charge in [0, 0.05) is 44.9 Å². The predicted molar refractivity (Wildman–Crippen MR) is 118 cm³/mol. The number of nitrogens with zero attached hydrogens (tertiary/aromatic N) is 3. The molecule has 172 valence electrons. The van der Waals surface area contributed by atoms with Gasteiger partial charge in [-0.15, -0.1) is 0 Å². The van der Waals surface area contributed by atoms with E-state index in [1.807, 2.05) is 24.0 Å². The molecule has 0 aliphatic carbocycles. The maximum Gasteiger partial charge on any atom is 0.251 e. The summed E-state index contributed by atoms with van der Waals surface area (Å²) >= 11 is 0. The molecule has 1 unspecified atom stereocenters. The van der Waals surface area contributed by atoms with E-state index in [2.05, 4.69) is 10.2 Å². The molecule has 0 radical (unpaired) electrons. The third-order valence-corrected chi connectivity index (χ3v) is 5.62. The second kappa shape index (κ2) is 11.1. The first-order valence-corrected chi connectivity index (χ1v) is 10.8. The van der Waals surface area contributed by atoms with Crippen molar-refractivity contribution in [2.45, 2.75) is 32.4 Å². The van der Waals surface area contributed by atoms with Gasteiger partial charge in [0.15, 0.2) is 17.5 Å². The van der Waals surface area contributed by atoms with Gasteiger partial charge in [0.05, 0.1) is 27.9 Å². The maximum absolute atomic E-state index is 12.6. The predicted octanol–water partition coefficient (Wildman–Crippen LogP) is 1.50. The summed E-state index contributed by atoms with van der Waals surface area (Å²) in [6.07, 6.45) is 1.54. The minimum absolute atomic E-state index is 0.120. The molecule has 1 aromatic rings. The summed E-state index contributed by atoms with van der Waals surface area (Å²) in [5, 5.41) is 3.36. The molecule has 0 aromatic heterocycles. The normalized spacial score (nSPS) is 19.4. The van der Waals surface area contributed by atoms with Crippen molar-refractivity contribution >= 4 is 11.9 Å². The van der Waals surface area contributed by atoms with Crippen LogP contribution in [-0.2, 0) is 16.1 Å². The zero-order valence-electron chi connectivity index (χ0n) is 19.0. The highest BCUT2D eigenvalue weighted by atomic mass is 16.5. The van der Waals surface area contributed by atoms with Gasteiger partial charge in [-0.25, -0.2) is 4.99 Å². The number of carbonyl (C=O) groups is 1. The molecule has 2 saturated heterocycles. The van der Waals surface area contributed by atoms with Gasteiger partial charge < -0.3 is 34.1 Å². The molecule has 0 bridgehead atoms. The summed E-state index contributed by atoms with van der Waals surface area (Å²) in [5.74, 6) is 2.74. The van der Waals surface area contributed by atoms with Crippen molar-refractivity contribution in [2.24, 2.45) is 4.99 Å². The Morgan fingerprint density at radius 2 is 1.81 bits per heavy atom. The highest BCUT2D eigenvalue weighted by molar-refractivity contribution is 5.83. The molecule has 1 amide bonds. The van der Waals surface area contributed by atoms with Crippen LogP contribution < -0.4 is 19.5 Å². The van der Waals surface area contributed by atoms with Crippen molar-refractivity contribution in [2.75, 3.05) is 60.7 Å². The Bertz CT molecular complexity index is 771. The van der Waals surface area contributed by atoms with Crippen molar-refractivity contribution in [3.05, 3.63) is 17.7 Å². The van der Waals surface area contributed by atoms with Crippen LogP contribution in [0.15, 0.2) is 17.1 Å². The second-order valence-electron chi connectivity index (χ2n) is 7.48. The van der Waals surface area contributed by atoms with E-state index in [1.54, 1.807) is 21.3 Å². The molecule has 2 fully saturated rings. The van der Waals surface area contributed by atoms with Gasteiger partial charge >= 0.3 is 0 Å². The summed E-state index contributed by atoms with van der Waals surface area (Å²) in [7, 11) is 4.80. The van der Waals surface area contributed by atoms with Crippen LogP contribution in [-0.4, -0.2) is 88.4 Å². The van der Waals surface area contributed by atoms with Crippen LogP contribution in [0.5, 0.6) is 17.2 Å². The molecule has 1 N–H and O–H groups in total. The van der Waals surface area contributed by atoms with Gasteiger partial charge in [-0.2, -0.15) is 0 Å². The average Bonchev–Trinajstić information content (AvgIpc) is 3.35. The number of methoxy groups -OCH3 is 3. The van der Waals surface area contributed by atoms with Gasteiger partial charge in [-0.1, -0.05) is 0 Å². The number of aliphatic imine (C=N–C) groups is 1. The molecule has 9 nitrogen and oxygen atoms in total. The van der Waals surface area contributed by atoms with E-state index in [4.69, 9.17) is 23.9 Å². The van der Waals surface area contributed by atoms with Crippen LogP contribution in [0, 0.1) is 0 Å². The molecule has 3 rings (SSSR count). The summed E-state index contributed by atoms with van der Waals surface area (Å²) in [6.45, 7) is 6.72. The van der Waals surface area contributed by atoms with Crippen LogP contribution in [0.4, 0.5) is 0 Å². The number of piperazine rings is 1. The molecular formula is C22H34N4O5. The van der Waals surface area contributed by atoms with Crippen LogP contribution in [0.2, 0.25) is 0 Å². The van der Waals surface area contributed by atoms with Crippen molar-refractivity contribution in [1.82, 2.24) is 15.1 Å². The highest BCUT2D eigenvalue weighted by Crippen LogP contribution is 2.40. The lowest BCUT2D eigenvalue weighted by Gasteiger charge is -2.37. The fourth-order valence-corrected chi connectivity index (χ4v) is 3.99. The lowest BCUT2D eigenvalue weighted by molar-refractivity contribution is -0.142. The molecule has 2 aliphatic rings. The summed E-state index contributed by atoms with van der Waals surface area (Å²) in [4.78, 5) is 21.5. The molecule has 2 heterocycles. The Morgan fingerprint density at radius 1 is 1.10 bits per heavy atom. The number of guanidine groups is 1. The van der Waals surface area contributed by atoms with Crippen molar-refractivity contribution < 1.29 is 23.7 Å². The monoisotopic (exact) mass is 434 g/mol. The summed E-state index contributed by atoms with van der Waals surface area (Å²) in [5.41, 5.74) is 0.905. The summed E-state index contributed by atoms with van der Waals surface area (Å²) < 4.78 is 22.0. The molecule has 2 aliphatic heterocycles. The molecule has 31 heavy (non-hydrogen) atoms. The fourth-order valence-electron chi connectivity index (χ4n) is 3.99. The molecule has 0 saturated carbocycles. The molecule has 1 atom stereocenters. The second-order valence-corrected chi connectivity index (χ2v) is 7.48. The van der Waals surface area contributed by atoms with E-state index in [9.17, 15) is 4.79 Å². The molecule has 0 spiro atoms. The molecular weight excluding hydrogens is 400 g/mol. The third-order valence-electron chi connectivity index (χ3n) is 5.62. The largest absolute Gasteiger partial charge is 0.493 e. The highest BCUT2D eigenvalue weighted by Gasteiger charge is 2.31. The number of hydrogen-bond donors (Lipinski definition) is 1. The number of carbonyl (C=O) groups excluding carboxylic acids is 1. The summed E-state index contributed by atoms with van der Waals surface area (Å²) in [6, 6.07) is 3.79. The lowest BCUT2D eigenvalue weighted by Crippen LogP contribution is -2.55. The lowest BCUT2D eigenvalue weighted by atomic mass is 10.1. The minimum atomic E-state index is -0.258. The van der Waals surface area contributed by atoms with E-state index in [1.165, 1.54) is 0 Å². The van der Waals surface area contributed by atoms with Crippen LogP contribution in [0.3, 0.4) is 0 Å². The Kier molecular flexibility index (Phi) is 8.22. The van der Waals surface area contributed by atoms with Crippen molar-refractivity contribution in [3.8, 4) is 17.2 Å². The zero-order valence-corrected chi connectivity index (χ0v) is 19.0. The number of hydrogen-bond acceptors (Lipinski definition) is 6.